The van der Waals surface area contributed by atoms with Crippen molar-refractivity contribution in [3.05, 3.63) is 70.9 Å². The molecule has 1 heterocycles. The maximum atomic E-state index is 12.3. The number of esters is 1. The number of hydrogen-bond acceptors (Lipinski definition) is 4. The Kier molecular flexibility index (Phi) is 4.23. The molecule has 0 unspecified atom stereocenters. The molecule has 2 aromatic carbocycles. The van der Waals surface area contributed by atoms with Crippen molar-refractivity contribution in [2.24, 2.45) is 0 Å². The molecule has 0 bridgehead atoms. The summed E-state index contributed by atoms with van der Waals surface area (Å²) in [4.78, 5) is 24.0. The fraction of sp³-hybridized carbons (Fsp3) is 0.105. The maximum Gasteiger partial charge on any atom is 0.355 e. The van der Waals surface area contributed by atoms with Gasteiger partial charge in [0.25, 0.3) is 0 Å². The summed E-state index contributed by atoms with van der Waals surface area (Å²) in [5.41, 5.74) is 1.79. The van der Waals surface area contributed by atoms with E-state index in [0.717, 1.165) is 5.56 Å². The van der Waals surface area contributed by atoms with Crippen molar-refractivity contribution in [3.63, 3.8) is 0 Å². The standard InChI is InChI=1S/C19H14N2O4/c1-25-19(24)17-16(18(22)23)14-7-2-3-8-15(14)21(17)11-13-6-4-5-12(9-13)10-20/h2-9H,11H2,1H3,(H,22,23). The summed E-state index contributed by atoms with van der Waals surface area (Å²) in [7, 11) is 1.21. The molecule has 0 aliphatic carbocycles. The van der Waals surface area contributed by atoms with Gasteiger partial charge < -0.3 is 14.4 Å². The number of ether oxygens (including phenoxy) is 1. The van der Waals surface area contributed by atoms with Crippen LogP contribution in [-0.2, 0) is 11.3 Å². The zero-order chi connectivity index (χ0) is 18.0. The minimum Gasteiger partial charge on any atom is -0.478 e. The minimum atomic E-state index is -1.19. The Morgan fingerprint density at radius 1 is 1.20 bits per heavy atom. The third kappa shape index (κ3) is 2.83. The average molecular weight is 334 g/mol. The SMILES string of the molecule is COC(=O)c1c(C(=O)O)c2ccccc2n1Cc1cccc(C#N)c1. The minimum absolute atomic E-state index is 0.0152. The Hall–Kier alpha value is -3.59. The van der Waals surface area contributed by atoms with Gasteiger partial charge in [0, 0.05) is 17.4 Å². The van der Waals surface area contributed by atoms with Crippen LogP contribution in [0.1, 0.15) is 32.0 Å². The van der Waals surface area contributed by atoms with E-state index in [-0.39, 0.29) is 17.8 Å². The second-order valence-corrected chi connectivity index (χ2v) is 5.44. The first-order valence-corrected chi connectivity index (χ1v) is 7.48. The molecule has 0 saturated heterocycles. The van der Waals surface area contributed by atoms with Crippen molar-refractivity contribution < 1.29 is 19.4 Å². The molecule has 0 radical (unpaired) electrons. The number of para-hydroxylation sites is 1. The number of fused-ring (bicyclic) bond motifs is 1. The van der Waals surface area contributed by atoms with Crippen molar-refractivity contribution in [1.29, 1.82) is 5.26 Å². The van der Waals surface area contributed by atoms with E-state index in [4.69, 9.17) is 10.00 Å². The fourth-order valence-corrected chi connectivity index (χ4v) is 2.91. The summed E-state index contributed by atoms with van der Waals surface area (Å²) in [6.45, 7) is 0.244. The van der Waals surface area contributed by atoms with E-state index in [1.165, 1.54) is 7.11 Å². The van der Waals surface area contributed by atoms with Gasteiger partial charge >= 0.3 is 11.9 Å². The number of aromatic nitrogens is 1. The molecule has 3 aromatic rings. The molecule has 0 atom stereocenters. The third-order valence-corrected chi connectivity index (χ3v) is 3.96. The first-order chi connectivity index (χ1) is 12.1. The summed E-state index contributed by atoms with van der Waals surface area (Å²) in [6, 6.07) is 15.9. The normalized spacial score (nSPS) is 10.4. The molecule has 0 aliphatic rings. The van der Waals surface area contributed by atoms with Gasteiger partial charge in [0.15, 0.2) is 0 Å². The van der Waals surface area contributed by atoms with Crippen molar-refractivity contribution in [1.82, 2.24) is 4.57 Å². The maximum absolute atomic E-state index is 12.3. The van der Waals surface area contributed by atoms with Crippen LogP contribution < -0.4 is 0 Å². The summed E-state index contributed by atoms with van der Waals surface area (Å²) < 4.78 is 6.42. The number of nitriles is 1. The predicted molar refractivity (Wildman–Crippen MR) is 90.5 cm³/mol. The number of carboxylic acids is 1. The summed E-state index contributed by atoms with van der Waals surface area (Å²) in [5.74, 6) is -1.91. The number of methoxy groups -OCH3 is 1. The van der Waals surface area contributed by atoms with Crippen LogP contribution in [0, 0.1) is 11.3 Å². The van der Waals surface area contributed by atoms with E-state index in [9.17, 15) is 14.7 Å². The zero-order valence-electron chi connectivity index (χ0n) is 13.4. The number of carbonyl (C=O) groups excluding carboxylic acids is 1. The van der Waals surface area contributed by atoms with Gasteiger partial charge in [0.2, 0.25) is 0 Å². The highest BCUT2D eigenvalue weighted by atomic mass is 16.5. The Labute approximate surface area is 143 Å². The Morgan fingerprint density at radius 2 is 1.96 bits per heavy atom. The van der Waals surface area contributed by atoms with Gasteiger partial charge in [0.1, 0.15) is 5.69 Å². The highest BCUT2D eigenvalue weighted by molar-refractivity contribution is 6.12. The van der Waals surface area contributed by atoms with Crippen LogP contribution in [0.4, 0.5) is 0 Å². The van der Waals surface area contributed by atoms with Crippen molar-refractivity contribution in [3.8, 4) is 6.07 Å². The van der Waals surface area contributed by atoms with Crippen LogP contribution in [0.15, 0.2) is 48.5 Å². The number of benzene rings is 2. The van der Waals surface area contributed by atoms with Crippen LogP contribution in [0.25, 0.3) is 10.9 Å². The Bertz CT molecular complexity index is 1030. The van der Waals surface area contributed by atoms with Gasteiger partial charge in [-0.25, -0.2) is 9.59 Å². The molecule has 1 N–H and O–H groups in total. The third-order valence-electron chi connectivity index (χ3n) is 3.96. The van der Waals surface area contributed by atoms with E-state index in [2.05, 4.69) is 6.07 Å². The molecular formula is C19H14N2O4. The number of nitrogens with zero attached hydrogens (tertiary/aromatic N) is 2. The Morgan fingerprint density at radius 3 is 2.64 bits per heavy atom. The molecule has 0 aliphatic heterocycles. The van der Waals surface area contributed by atoms with E-state index in [0.29, 0.717) is 16.5 Å². The zero-order valence-corrected chi connectivity index (χ0v) is 13.4. The van der Waals surface area contributed by atoms with Gasteiger partial charge in [-0.05, 0) is 23.8 Å². The van der Waals surface area contributed by atoms with Crippen molar-refractivity contribution >= 4 is 22.8 Å². The van der Waals surface area contributed by atoms with Gasteiger partial charge in [-0.1, -0.05) is 30.3 Å². The predicted octanol–water partition coefficient (Wildman–Crippen LogP) is 3.05. The van der Waals surface area contributed by atoms with Crippen LogP contribution in [0.5, 0.6) is 0 Å². The Balaban J connectivity index is 2.27. The number of carboxylic acid groups (broad SMARTS) is 1. The number of hydrogen-bond donors (Lipinski definition) is 1. The van der Waals surface area contributed by atoms with Crippen LogP contribution in [0.3, 0.4) is 0 Å². The molecule has 3 rings (SSSR count). The summed E-state index contributed by atoms with van der Waals surface area (Å²) >= 11 is 0. The molecule has 6 nitrogen and oxygen atoms in total. The molecule has 0 amide bonds. The second-order valence-electron chi connectivity index (χ2n) is 5.44. The molecule has 25 heavy (non-hydrogen) atoms. The summed E-state index contributed by atoms with van der Waals surface area (Å²) in [6.07, 6.45) is 0. The molecule has 0 spiro atoms. The van der Waals surface area contributed by atoms with Gasteiger partial charge in [-0.2, -0.15) is 5.26 Å². The van der Waals surface area contributed by atoms with Crippen LogP contribution >= 0.6 is 0 Å². The quantitative estimate of drug-likeness (QED) is 0.740. The van der Waals surface area contributed by atoms with Gasteiger partial charge in [-0.3, -0.25) is 0 Å². The van der Waals surface area contributed by atoms with Crippen molar-refractivity contribution in [2.45, 2.75) is 6.54 Å². The molecule has 0 saturated carbocycles. The number of aromatic carboxylic acids is 1. The van der Waals surface area contributed by atoms with E-state index in [1.54, 1.807) is 47.0 Å². The largest absolute Gasteiger partial charge is 0.478 e. The first kappa shape index (κ1) is 16.3. The smallest absolute Gasteiger partial charge is 0.355 e. The van der Waals surface area contributed by atoms with Crippen LogP contribution in [0.2, 0.25) is 0 Å². The highest BCUT2D eigenvalue weighted by Crippen LogP contribution is 2.28. The van der Waals surface area contributed by atoms with Crippen LogP contribution in [-0.4, -0.2) is 28.7 Å². The topological polar surface area (TPSA) is 92.3 Å². The average Bonchev–Trinajstić information content (AvgIpc) is 2.96. The van der Waals surface area contributed by atoms with Gasteiger partial charge in [0.05, 0.1) is 24.3 Å². The number of carbonyl (C=O) groups is 2. The monoisotopic (exact) mass is 334 g/mol. The van der Waals surface area contributed by atoms with E-state index >= 15 is 0 Å². The number of rotatable bonds is 4. The fourth-order valence-electron chi connectivity index (χ4n) is 2.91. The lowest BCUT2D eigenvalue weighted by atomic mass is 10.1. The highest BCUT2D eigenvalue weighted by Gasteiger charge is 2.27. The molecule has 124 valence electrons. The molecule has 1 aromatic heterocycles. The summed E-state index contributed by atoms with van der Waals surface area (Å²) in [5, 5.41) is 19.1. The van der Waals surface area contributed by atoms with Gasteiger partial charge in [-0.15, -0.1) is 0 Å². The van der Waals surface area contributed by atoms with Crippen molar-refractivity contribution in [2.75, 3.05) is 7.11 Å². The molecular weight excluding hydrogens is 320 g/mol. The molecule has 6 heteroatoms. The lowest BCUT2D eigenvalue weighted by Crippen LogP contribution is -2.15. The molecule has 0 fully saturated rings. The second kappa shape index (κ2) is 6.49. The lowest BCUT2D eigenvalue weighted by molar-refractivity contribution is 0.0572. The first-order valence-electron chi connectivity index (χ1n) is 7.48. The van der Waals surface area contributed by atoms with E-state index in [1.807, 2.05) is 6.07 Å². The van der Waals surface area contributed by atoms with E-state index < -0.39 is 11.9 Å². The lowest BCUT2D eigenvalue weighted by Gasteiger charge is -2.10.